The van der Waals surface area contributed by atoms with Gasteiger partial charge in [0.1, 0.15) is 5.82 Å². The van der Waals surface area contributed by atoms with Crippen LogP contribution in [0.1, 0.15) is 43.5 Å². The lowest BCUT2D eigenvalue weighted by atomic mass is 9.92. The summed E-state index contributed by atoms with van der Waals surface area (Å²) < 4.78 is 13.8. The second kappa shape index (κ2) is 10.7. The molecule has 36 heavy (non-hydrogen) atoms. The van der Waals surface area contributed by atoms with Crippen LogP contribution in [0.5, 0.6) is 0 Å². The maximum atomic E-state index is 13.8. The van der Waals surface area contributed by atoms with Crippen LogP contribution in [0.4, 0.5) is 4.39 Å². The highest BCUT2D eigenvalue weighted by Gasteiger charge is 2.41. The van der Waals surface area contributed by atoms with Gasteiger partial charge in [0.15, 0.2) is 5.17 Å². The van der Waals surface area contributed by atoms with Crippen molar-refractivity contribution in [2.75, 3.05) is 19.6 Å². The minimum absolute atomic E-state index is 0.0433. The van der Waals surface area contributed by atoms with E-state index in [1.54, 1.807) is 18.3 Å². The number of carbonyl (C=O) groups is 2. The number of aromatic nitrogens is 1. The topological polar surface area (TPSA) is 77.9 Å². The van der Waals surface area contributed by atoms with Crippen LogP contribution < -0.4 is 5.32 Å². The molecule has 1 atom stereocenters. The summed E-state index contributed by atoms with van der Waals surface area (Å²) in [6, 6.07) is 11.5. The Hall–Kier alpha value is -3.46. The number of pyridine rings is 1. The van der Waals surface area contributed by atoms with Crippen LogP contribution >= 0.6 is 11.8 Å². The van der Waals surface area contributed by atoms with Gasteiger partial charge in [0.2, 0.25) is 5.91 Å². The van der Waals surface area contributed by atoms with Gasteiger partial charge in [-0.15, -0.1) is 0 Å². The molecule has 1 unspecified atom stereocenters. The number of hydrogen-bond donors (Lipinski definition) is 1. The third-order valence-corrected chi connectivity index (χ3v) is 7.47. The normalized spacial score (nSPS) is 19.2. The van der Waals surface area contributed by atoms with Crippen LogP contribution in [0.2, 0.25) is 0 Å². The molecule has 3 aliphatic rings. The number of carbonyl (C=O) groups excluding carboxylic acids is 2. The summed E-state index contributed by atoms with van der Waals surface area (Å²) in [6.45, 7) is 3.78. The maximum absolute atomic E-state index is 13.8. The van der Waals surface area contributed by atoms with Crippen LogP contribution in [0.25, 0.3) is 0 Å². The molecule has 2 aromatic rings. The lowest BCUT2D eigenvalue weighted by Gasteiger charge is -2.37. The van der Waals surface area contributed by atoms with E-state index in [0.29, 0.717) is 24.2 Å². The molecule has 0 aliphatic carbocycles. The number of nitrogens with zero attached hydrogens (tertiary/aromatic N) is 4. The summed E-state index contributed by atoms with van der Waals surface area (Å²) in [6.07, 6.45) is 4.50. The highest BCUT2D eigenvalue weighted by atomic mass is 32.2. The molecule has 7 nitrogen and oxygen atoms in total. The summed E-state index contributed by atoms with van der Waals surface area (Å²) in [5.74, 6) is -0.496. The number of amidine groups is 1. The largest absolute Gasteiger partial charge is 0.355 e. The zero-order valence-electron chi connectivity index (χ0n) is 20.1. The third kappa shape index (κ3) is 5.06. The maximum Gasteiger partial charge on any atom is 0.254 e. The van der Waals surface area contributed by atoms with Gasteiger partial charge in [-0.3, -0.25) is 14.6 Å². The van der Waals surface area contributed by atoms with E-state index in [9.17, 15) is 14.0 Å². The number of amides is 2. The third-order valence-electron chi connectivity index (χ3n) is 6.58. The number of allylic oxidation sites excluding steroid dienone is 1. The minimum atomic E-state index is -0.478. The molecule has 9 heteroatoms. The van der Waals surface area contributed by atoms with Crippen molar-refractivity contribution < 1.29 is 14.0 Å². The van der Waals surface area contributed by atoms with Crippen LogP contribution in [-0.4, -0.2) is 51.4 Å². The zero-order valence-corrected chi connectivity index (χ0v) is 20.9. The fraction of sp³-hybridized carbons (Fsp3) is 0.333. The van der Waals surface area contributed by atoms with E-state index in [1.165, 1.54) is 23.9 Å². The molecule has 1 fully saturated rings. The van der Waals surface area contributed by atoms with Crippen molar-refractivity contribution in [3.63, 3.8) is 0 Å². The summed E-state index contributed by atoms with van der Waals surface area (Å²) in [4.78, 5) is 39.4. The monoisotopic (exact) mass is 505 g/mol. The Bertz CT molecular complexity index is 1240. The van der Waals surface area contributed by atoms with Crippen molar-refractivity contribution in [2.24, 2.45) is 4.99 Å². The number of nitrogens with one attached hydrogen (secondary N) is 1. The number of aliphatic imine (C=N–C) groups is 1. The molecule has 4 heterocycles. The number of benzene rings is 1. The van der Waals surface area contributed by atoms with Crippen LogP contribution in [-0.2, 0) is 16.0 Å². The van der Waals surface area contributed by atoms with Gasteiger partial charge in [0, 0.05) is 43.6 Å². The Morgan fingerprint density at radius 2 is 1.92 bits per heavy atom. The summed E-state index contributed by atoms with van der Waals surface area (Å²) in [7, 11) is 0. The molecule has 0 bridgehead atoms. The van der Waals surface area contributed by atoms with Crippen molar-refractivity contribution >= 4 is 28.7 Å². The van der Waals surface area contributed by atoms with Crippen LogP contribution in [0.15, 0.2) is 76.0 Å². The summed E-state index contributed by atoms with van der Waals surface area (Å²) in [5.41, 5.74) is 3.71. The van der Waals surface area contributed by atoms with E-state index in [2.05, 4.69) is 10.3 Å². The molecule has 0 saturated carbocycles. The van der Waals surface area contributed by atoms with Crippen molar-refractivity contribution in [1.82, 2.24) is 20.1 Å². The Kier molecular flexibility index (Phi) is 7.18. The molecule has 0 spiro atoms. The zero-order chi connectivity index (χ0) is 25.1. The second-order valence-corrected chi connectivity index (χ2v) is 9.88. The van der Waals surface area contributed by atoms with Crippen molar-refractivity contribution in [3.05, 3.63) is 88.1 Å². The van der Waals surface area contributed by atoms with Gasteiger partial charge in [-0.05, 0) is 55.0 Å². The number of halogens is 1. The van der Waals surface area contributed by atoms with Gasteiger partial charge in [-0.2, -0.15) is 0 Å². The number of likely N-dealkylation sites (tertiary alicyclic amines) is 1. The van der Waals surface area contributed by atoms with Crippen molar-refractivity contribution in [2.45, 2.75) is 38.6 Å². The molecule has 1 N–H and O–H groups in total. The van der Waals surface area contributed by atoms with Gasteiger partial charge in [-0.25, -0.2) is 9.38 Å². The second-order valence-electron chi connectivity index (χ2n) is 9.04. The lowest BCUT2D eigenvalue weighted by Crippen LogP contribution is -2.41. The predicted octanol–water partition coefficient (Wildman–Crippen LogP) is 4.17. The van der Waals surface area contributed by atoms with Gasteiger partial charge < -0.3 is 15.1 Å². The fourth-order valence-electron chi connectivity index (χ4n) is 4.80. The highest BCUT2D eigenvalue weighted by Crippen LogP contribution is 2.45. The summed E-state index contributed by atoms with van der Waals surface area (Å²) >= 11 is 1.44. The minimum Gasteiger partial charge on any atom is -0.355 e. The van der Waals surface area contributed by atoms with Gasteiger partial charge in [0.25, 0.3) is 5.91 Å². The molecule has 186 valence electrons. The number of rotatable bonds is 7. The quantitative estimate of drug-likeness (QED) is 0.611. The van der Waals surface area contributed by atoms with E-state index in [1.807, 2.05) is 40.3 Å². The molecule has 1 aromatic heterocycles. The first-order chi connectivity index (χ1) is 17.5. The standard InChI is InChI=1S/C27H28FN5O2S/c1-18-24(26(35)32-14-4-5-15-32)25(19-7-9-20(28)10-8-19)33-22(17-36-27(33)31-18)16-23(34)30-13-11-21-6-2-3-12-29-21/h2-3,6-10,12,17,25H,4-5,11,13-16H2,1H3,(H,30,34). The molecule has 0 radical (unpaired) electrons. The van der Waals surface area contributed by atoms with Crippen molar-refractivity contribution in [1.29, 1.82) is 0 Å². The number of hydrogen-bond acceptors (Lipinski definition) is 6. The van der Waals surface area contributed by atoms with E-state index in [0.717, 1.165) is 48.1 Å². The first-order valence-electron chi connectivity index (χ1n) is 12.2. The Morgan fingerprint density at radius 1 is 1.14 bits per heavy atom. The highest BCUT2D eigenvalue weighted by molar-refractivity contribution is 8.16. The Labute approximate surface area is 214 Å². The first kappa shape index (κ1) is 24.2. The molecule has 1 saturated heterocycles. The molecule has 1 aromatic carbocycles. The van der Waals surface area contributed by atoms with E-state index >= 15 is 0 Å². The van der Waals surface area contributed by atoms with Gasteiger partial charge >= 0.3 is 0 Å². The van der Waals surface area contributed by atoms with Crippen LogP contribution in [0.3, 0.4) is 0 Å². The Morgan fingerprint density at radius 3 is 2.64 bits per heavy atom. The van der Waals surface area contributed by atoms with Gasteiger partial charge in [0.05, 0.1) is 23.7 Å². The summed E-state index contributed by atoms with van der Waals surface area (Å²) in [5, 5.41) is 5.61. The molecule has 5 rings (SSSR count). The SMILES string of the molecule is CC1=C(C(=O)N2CCCC2)C(c2ccc(F)cc2)N2C(CC(=O)NCCc3ccccn3)=CSC2=N1. The smallest absolute Gasteiger partial charge is 0.254 e. The fourth-order valence-corrected chi connectivity index (χ4v) is 5.76. The van der Waals surface area contributed by atoms with Gasteiger partial charge in [-0.1, -0.05) is 30.0 Å². The van der Waals surface area contributed by atoms with Crippen LogP contribution in [0, 0.1) is 5.82 Å². The van der Waals surface area contributed by atoms with E-state index < -0.39 is 6.04 Å². The molecular formula is C27H28FN5O2S. The lowest BCUT2D eigenvalue weighted by molar-refractivity contribution is -0.126. The molecular weight excluding hydrogens is 477 g/mol. The first-order valence-corrected chi connectivity index (χ1v) is 13.0. The van der Waals surface area contributed by atoms with E-state index in [4.69, 9.17) is 4.99 Å². The predicted molar refractivity (Wildman–Crippen MR) is 138 cm³/mol. The van der Waals surface area contributed by atoms with E-state index in [-0.39, 0.29) is 24.1 Å². The average molecular weight is 506 g/mol. The van der Waals surface area contributed by atoms with Crippen molar-refractivity contribution in [3.8, 4) is 0 Å². The number of thioether (sulfide) groups is 1. The Balaban J connectivity index is 1.38. The molecule has 2 amide bonds. The average Bonchev–Trinajstić information content (AvgIpc) is 3.55. The number of fused-ring (bicyclic) bond motifs is 1. The molecule has 3 aliphatic heterocycles.